The van der Waals surface area contributed by atoms with E-state index in [0.29, 0.717) is 31.5 Å². The summed E-state index contributed by atoms with van der Waals surface area (Å²) in [5, 5.41) is 4.61. The van der Waals surface area contributed by atoms with Gasteiger partial charge in [-0.1, -0.05) is 0 Å². The van der Waals surface area contributed by atoms with Crippen molar-refractivity contribution < 1.29 is 4.79 Å². The van der Waals surface area contributed by atoms with E-state index < -0.39 is 0 Å². The molecule has 1 atom stereocenters. The maximum atomic E-state index is 12.4. The summed E-state index contributed by atoms with van der Waals surface area (Å²) in [6, 6.07) is 17.8. The Hall–Kier alpha value is -1.28. The molecule has 4 heteroatoms. The molecule has 0 aliphatic rings. The summed E-state index contributed by atoms with van der Waals surface area (Å²) in [6.45, 7) is 4.28. The van der Waals surface area contributed by atoms with E-state index in [1.165, 1.54) is 4.46 Å². The zero-order valence-corrected chi connectivity index (χ0v) is 15.2. The van der Waals surface area contributed by atoms with Crippen LogP contribution in [-0.2, 0) is 0 Å². The molecule has 2 rings (SSSR count). The Labute approximate surface area is 143 Å². The first-order valence-corrected chi connectivity index (χ1v) is 9.75. The summed E-state index contributed by atoms with van der Waals surface area (Å²) in [6.07, 6.45) is 0. The zero-order chi connectivity index (χ0) is 15.9. The topological polar surface area (TPSA) is 29.1 Å². The fourth-order valence-corrected chi connectivity index (χ4v) is 4.71. The number of halogens is 1. The van der Waals surface area contributed by atoms with Crippen molar-refractivity contribution in [3.8, 4) is 0 Å². The predicted molar refractivity (Wildman–Crippen MR) is 94.2 cm³/mol. The predicted octanol–water partition coefficient (Wildman–Crippen LogP) is 3.54. The summed E-state index contributed by atoms with van der Waals surface area (Å²) in [4.78, 5) is 12.4. The van der Waals surface area contributed by atoms with Gasteiger partial charge >= 0.3 is 143 Å². The van der Waals surface area contributed by atoms with Gasteiger partial charge in [0.25, 0.3) is 0 Å². The van der Waals surface area contributed by atoms with Crippen LogP contribution >= 0.6 is 11.6 Å². The average molecular weight is 381 g/mol. The molecule has 22 heavy (non-hydrogen) atoms. The van der Waals surface area contributed by atoms with Gasteiger partial charge in [-0.2, -0.15) is 0 Å². The van der Waals surface area contributed by atoms with Gasteiger partial charge in [-0.05, 0) is 0 Å². The first kappa shape index (κ1) is 17.1. The molecule has 0 aliphatic heterocycles. The summed E-state index contributed by atoms with van der Waals surface area (Å²) in [5.74, 6) is 0.296. The van der Waals surface area contributed by atoms with Crippen molar-refractivity contribution in [2.45, 2.75) is 25.2 Å². The van der Waals surface area contributed by atoms with Crippen LogP contribution in [-0.4, -0.2) is 26.9 Å². The second kappa shape index (κ2) is 8.38. The van der Waals surface area contributed by atoms with E-state index in [2.05, 4.69) is 43.4 Å². The van der Waals surface area contributed by atoms with E-state index in [4.69, 9.17) is 11.6 Å². The number of rotatable bonds is 6. The molecule has 116 valence electrons. The first-order chi connectivity index (χ1) is 10.6. The van der Waals surface area contributed by atoms with Crippen LogP contribution in [0.2, 0.25) is 10.3 Å². The Morgan fingerprint density at radius 3 is 2.36 bits per heavy atom. The molecule has 0 bridgehead atoms. The number of hydrogen-bond acceptors (Lipinski definition) is 1. The second-order valence-corrected chi connectivity index (χ2v) is 8.13. The van der Waals surface area contributed by atoms with Gasteiger partial charge in [0, 0.05) is 0 Å². The molecule has 0 aromatic heterocycles. The number of carbonyl (C=O) groups excluding carboxylic acids is 1. The molecule has 2 nitrogen and oxygen atoms in total. The van der Waals surface area contributed by atoms with Crippen molar-refractivity contribution in [3.05, 3.63) is 65.2 Å². The minimum absolute atomic E-state index is 0.0897. The molecule has 0 fully saturated rings. The quantitative estimate of drug-likeness (QED) is 0.763. The summed E-state index contributed by atoms with van der Waals surface area (Å²) >= 11 is 6.45. The molecular weight excluding hydrogens is 361 g/mol. The zero-order valence-electron chi connectivity index (χ0n) is 12.8. The monoisotopic (exact) mass is 381 g/mol. The Morgan fingerprint density at radius 1 is 1.09 bits per heavy atom. The molecule has 0 aliphatic carbocycles. The van der Waals surface area contributed by atoms with Gasteiger partial charge in [0.1, 0.15) is 0 Å². The molecule has 1 N–H and O–H groups in total. The molecule has 0 radical (unpaired) electrons. The SMILES string of the molecule is CC(C)[C@@H](C[Se]c1ccccc1)NC(=O)c1ccccc1Cl. The van der Waals surface area contributed by atoms with E-state index in [1.54, 1.807) is 12.1 Å². The summed E-state index contributed by atoms with van der Waals surface area (Å²) < 4.78 is 1.35. The number of carbonyl (C=O) groups is 1. The number of amides is 1. The second-order valence-electron chi connectivity index (χ2n) is 5.43. The number of hydrogen-bond donors (Lipinski definition) is 1. The molecule has 2 aromatic rings. The fraction of sp³-hybridized carbons (Fsp3) is 0.278. The number of nitrogens with one attached hydrogen (secondary N) is 1. The molecular formula is C18H20ClNOSe. The van der Waals surface area contributed by atoms with Crippen molar-refractivity contribution in [1.29, 1.82) is 0 Å². The van der Waals surface area contributed by atoms with Gasteiger partial charge in [0.15, 0.2) is 0 Å². The standard InChI is InChI=1S/C18H20ClNOSe/c1-13(2)17(12-22-14-8-4-3-5-9-14)20-18(21)15-10-6-7-11-16(15)19/h3-11,13,17H,12H2,1-2H3,(H,20,21)/t17-/m1/s1. The van der Waals surface area contributed by atoms with E-state index in [9.17, 15) is 4.79 Å². The van der Waals surface area contributed by atoms with Gasteiger partial charge in [-0.15, -0.1) is 0 Å². The fourth-order valence-electron chi connectivity index (χ4n) is 1.99. The summed E-state index contributed by atoms with van der Waals surface area (Å²) in [5.41, 5.74) is 0.544. The van der Waals surface area contributed by atoms with Crippen LogP contribution in [0.3, 0.4) is 0 Å². The van der Waals surface area contributed by atoms with Crippen LogP contribution in [0.1, 0.15) is 24.2 Å². The van der Waals surface area contributed by atoms with Gasteiger partial charge in [-0.3, -0.25) is 0 Å². The Kier molecular flexibility index (Phi) is 6.50. The van der Waals surface area contributed by atoms with E-state index in [-0.39, 0.29) is 11.9 Å². The van der Waals surface area contributed by atoms with Crippen LogP contribution < -0.4 is 9.78 Å². The number of benzene rings is 2. The molecule has 0 saturated carbocycles. The Morgan fingerprint density at radius 2 is 1.73 bits per heavy atom. The van der Waals surface area contributed by atoms with Crippen LogP contribution in [0.4, 0.5) is 0 Å². The summed E-state index contributed by atoms with van der Waals surface area (Å²) in [7, 11) is 0. The van der Waals surface area contributed by atoms with Crippen LogP contribution in [0.25, 0.3) is 0 Å². The molecule has 0 unspecified atom stereocenters. The third-order valence-corrected chi connectivity index (χ3v) is 6.12. The third-order valence-electron chi connectivity index (χ3n) is 3.41. The average Bonchev–Trinajstić information content (AvgIpc) is 2.52. The normalized spacial score (nSPS) is 12.2. The molecule has 0 heterocycles. The van der Waals surface area contributed by atoms with E-state index >= 15 is 0 Å². The minimum atomic E-state index is -0.0897. The van der Waals surface area contributed by atoms with Crippen molar-refractivity contribution in [1.82, 2.24) is 5.32 Å². The van der Waals surface area contributed by atoms with Crippen molar-refractivity contribution in [2.75, 3.05) is 0 Å². The van der Waals surface area contributed by atoms with Gasteiger partial charge in [-0.25, -0.2) is 0 Å². The first-order valence-electron chi connectivity index (χ1n) is 7.31. The Bertz CT molecular complexity index is 615. The molecule has 0 spiro atoms. The molecule has 0 saturated heterocycles. The Balaban J connectivity index is 2.00. The van der Waals surface area contributed by atoms with Gasteiger partial charge in [0.05, 0.1) is 0 Å². The van der Waals surface area contributed by atoms with Crippen molar-refractivity contribution in [3.63, 3.8) is 0 Å². The van der Waals surface area contributed by atoms with E-state index in [0.717, 1.165) is 5.32 Å². The van der Waals surface area contributed by atoms with Gasteiger partial charge in [0.2, 0.25) is 0 Å². The third kappa shape index (κ3) is 4.88. The van der Waals surface area contributed by atoms with Crippen LogP contribution in [0.5, 0.6) is 0 Å². The molecule has 2 aromatic carbocycles. The van der Waals surface area contributed by atoms with Crippen LogP contribution in [0.15, 0.2) is 54.6 Å². The van der Waals surface area contributed by atoms with E-state index in [1.807, 2.05) is 18.2 Å². The van der Waals surface area contributed by atoms with Crippen molar-refractivity contribution >= 4 is 36.9 Å². The van der Waals surface area contributed by atoms with Crippen LogP contribution in [0, 0.1) is 5.92 Å². The maximum absolute atomic E-state index is 12.4. The molecule has 1 amide bonds. The van der Waals surface area contributed by atoms with Crippen molar-refractivity contribution in [2.24, 2.45) is 5.92 Å². The van der Waals surface area contributed by atoms with Gasteiger partial charge < -0.3 is 0 Å².